The van der Waals surface area contributed by atoms with Gasteiger partial charge in [-0.15, -0.1) is 11.3 Å². The average Bonchev–Trinajstić information content (AvgIpc) is 3.34. The van der Waals surface area contributed by atoms with Crippen molar-refractivity contribution in [3.63, 3.8) is 0 Å². The summed E-state index contributed by atoms with van der Waals surface area (Å²) in [4.78, 5) is 55.6. The number of amides is 2. The molecule has 0 bridgehead atoms. The number of carbonyl (C=O) groups excluding carboxylic acids is 3. The molecule has 2 atom stereocenters. The van der Waals surface area contributed by atoms with Crippen molar-refractivity contribution in [3.05, 3.63) is 56.7 Å². The van der Waals surface area contributed by atoms with E-state index >= 15 is 0 Å². The van der Waals surface area contributed by atoms with E-state index in [-0.39, 0.29) is 40.4 Å². The van der Waals surface area contributed by atoms with E-state index in [0.717, 1.165) is 22.5 Å². The molecule has 2 unspecified atom stereocenters. The van der Waals surface area contributed by atoms with E-state index in [1.807, 2.05) is 19.9 Å². The average molecular weight is 639 g/mol. The molecule has 1 aliphatic carbocycles. The first-order valence-electron chi connectivity index (χ1n) is 14.5. The molecule has 45 heavy (non-hydrogen) atoms. The number of hydrogen-bond donors (Lipinski definition) is 3. The number of nitrogens with zero attached hydrogens (tertiary/aromatic N) is 1. The van der Waals surface area contributed by atoms with Crippen molar-refractivity contribution in [1.29, 1.82) is 0 Å². The number of anilines is 2. The summed E-state index contributed by atoms with van der Waals surface area (Å²) < 4.78 is 22.0. The first kappa shape index (κ1) is 33.2. The van der Waals surface area contributed by atoms with Crippen LogP contribution in [0.3, 0.4) is 0 Å². The number of ether oxygens (including phenoxy) is 4. The highest BCUT2D eigenvalue weighted by atomic mass is 32.1. The van der Waals surface area contributed by atoms with E-state index in [2.05, 4.69) is 20.9 Å². The van der Waals surface area contributed by atoms with Crippen LogP contribution in [0.2, 0.25) is 0 Å². The van der Waals surface area contributed by atoms with Gasteiger partial charge in [-0.3, -0.25) is 14.4 Å². The lowest BCUT2D eigenvalue weighted by Gasteiger charge is -2.21. The molecule has 0 fully saturated rings. The summed E-state index contributed by atoms with van der Waals surface area (Å²) in [6, 6.07) is 5.49. The van der Waals surface area contributed by atoms with Crippen LogP contribution in [-0.4, -0.2) is 56.7 Å². The Morgan fingerprint density at radius 2 is 1.80 bits per heavy atom. The standard InChI is InChI=1S/C32H38N4O8S/c1-8-44-31(40)23-15-45-32(35-23)36-30(39)27(16(2)3)34-22-12-10-19-20(14-24(22)38)21(33-17(4)37)11-9-18-13-25(41-5)28(42-6)29(43-7)26(18)19/h10,12-16,21,27H,8-9,11H2,1-7H3,(H,33,37)(H,34,38)(H,35,36,39). The molecule has 13 heteroatoms. The Labute approximate surface area is 265 Å². The van der Waals surface area contributed by atoms with Gasteiger partial charge in [-0.25, -0.2) is 9.78 Å². The molecule has 0 spiro atoms. The van der Waals surface area contributed by atoms with Gasteiger partial charge >= 0.3 is 5.97 Å². The van der Waals surface area contributed by atoms with Gasteiger partial charge in [0.05, 0.1) is 39.7 Å². The summed E-state index contributed by atoms with van der Waals surface area (Å²) in [5, 5.41) is 10.6. The summed E-state index contributed by atoms with van der Waals surface area (Å²) in [5.74, 6) is -0.132. The molecule has 4 rings (SSSR count). The molecule has 0 saturated carbocycles. The fourth-order valence-corrected chi connectivity index (χ4v) is 6.03. The second-order valence-corrected chi connectivity index (χ2v) is 11.6. The minimum atomic E-state index is -0.827. The third kappa shape index (κ3) is 7.19. The predicted molar refractivity (Wildman–Crippen MR) is 172 cm³/mol. The van der Waals surface area contributed by atoms with Crippen molar-refractivity contribution in [2.75, 3.05) is 38.6 Å². The largest absolute Gasteiger partial charge is 0.493 e. The monoisotopic (exact) mass is 638 g/mol. The molecule has 2 amide bonds. The van der Waals surface area contributed by atoms with Crippen molar-refractivity contribution < 1.29 is 33.3 Å². The Balaban J connectivity index is 1.78. The molecule has 1 heterocycles. The van der Waals surface area contributed by atoms with E-state index < -0.39 is 24.0 Å². The van der Waals surface area contributed by atoms with Gasteiger partial charge in [0, 0.05) is 17.9 Å². The fourth-order valence-electron chi connectivity index (χ4n) is 5.34. The minimum Gasteiger partial charge on any atom is -0.493 e. The predicted octanol–water partition coefficient (Wildman–Crippen LogP) is 4.57. The first-order chi connectivity index (χ1) is 21.5. The number of aromatic nitrogens is 1. The van der Waals surface area contributed by atoms with Gasteiger partial charge in [0.15, 0.2) is 22.3 Å². The molecular weight excluding hydrogens is 600 g/mol. The topological polar surface area (TPSA) is 154 Å². The number of methoxy groups -OCH3 is 3. The second kappa shape index (κ2) is 14.4. The number of aryl methyl sites for hydroxylation is 1. The third-order valence-electron chi connectivity index (χ3n) is 7.40. The number of thiazole rings is 1. The molecule has 1 aliphatic rings. The van der Waals surface area contributed by atoms with Gasteiger partial charge in [-0.1, -0.05) is 19.9 Å². The maximum atomic E-state index is 13.8. The van der Waals surface area contributed by atoms with Crippen LogP contribution in [0, 0.1) is 5.92 Å². The van der Waals surface area contributed by atoms with Crippen LogP contribution >= 0.6 is 11.3 Å². The van der Waals surface area contributed by atoms with Crippen molar-refractivity contribution in [2.45, 2.75) is 52.6 Å². The highest BCUT2D eigenvalue weighted by molar-refractivity contribution is 7.14. The lowest BCUT2D eigenvalue weighted by molar-refractivity contribution is -0.120. The third-order valence-corrected chi connectivity index (χ3v) is 8.15. The van der Waals surface area contributed by atoms with E-state index in [0.29, 0.717) is 41.2 Å². The highest BCUT2D eigenvalue weighted by Gasteiger charge is 2.30. The van der Waals surface area contributed by atoms with E-state index in [4.69, 9.17) is 18.9 Å². The zero-order valence-corrected chi connectivity index (χ0v) is 27.2. The maximum Gasteiger partial charge on any atom is 0.357 e. The molecule has 0 aliphatic heterocycles. The molecule has 3 N–H and O–H groups in total. The summed E-state index contributed by atoms with van der Waals surface area (Å²) in [6.45, 7) is 7.03. The smallest absolute Gasteiger partial charge is 0.357 e. The zero-order chi connectivity index (χ0) is 32.8. The first-order valence-corrected chi connectivity index (χ1v) is 15.4. The van der Waals surface area contributed by atoms with Crippen LogP contribution in [-0.2, 0) is 20.7 Å². The molecule has 2 aromatic carbocycles. The fraction of sp³-hybridized carbons (Fsp3) is 0.406. The maximum absolute atomic E-state index is 13.8. The molecule has 240 valence electrons. The van der Waals surface area contributed by atoms with Gasteiger partial charge < -0.3 is 34.9 Å². The second-order valence-electron chi connectivity index (χ2n) is 10.7. The van der Waals surface area contributed by atoms with Gasteiger partial charge in [-0.05, 0) is 60.6 Å². The minimum absolute atomic E-state index is 0.100. The zero-order valence-electron chi connectivity index (χ0n) is 26.4. The van der Waals surface area contributed by atoms with Crippen molar-refractivity contribution in [1.82, 2.24) is 10.3 Å². The van der Waals surface area contributed by atoms with Crippen LogP contribution in [0.1, 0.15) is 61.8 Å². The Hall–Kier alpha value is -4.65. The quantitative estimate of drug-likeness (QED) is 0.255. The van der Waals surface area contributed by atoms with E-state index in [9.17, 15) is 19.2 Å². The summed E-state index contributed by atoms with van der Waals surface area (Å²) in [7, 11) is 4.60. The molecule has 0 radical (unpaired) electrons. The number of carbonyl (C=O) groups is 3. The Bertz CT molecular complexity index is 1650. The Kier molecular flexibility index (Phi) is 10.7. The molecule has 12 nitrogen and oxygen atoms in total. The normalized spacial score (nSPS) is 14.3. The Morgan fingerprint density at radius 1 is 1.07 bits per heavy atom. The SMILES string of the molecule is CCOC(=O)c1csc(NC(=O)C(Nc2ccc3c(cc2=O)C(NC(C)=O)CCc2cc(OC)c(OC)c(OC)c2-3)C(C)C)n1. The summed E-state index contributed by atoms with van der Waals surface area (Å²) in [6.07, 6.45) is 1.09. The lowest BCUT2D eigenvalue weighted by atomic mass is 9.95. The van der Waals surface area contributed by atoms with Crippen LogP contribution in [0.25, 0.3) is 11.1 Å². The number of rotatable bonds is 11. The van der Waals surface area contributed by atoms with Crippen molar-refractivity contribution >= 4 is 39.9 Å². The summed E-state index contributed by atoms with van der Waals surface area (Å²) >= 11 is 1.10. The van der Waals surface area contributed by atoms with E-state index in [1.165, 1.54) is 32.6 Å². The number of esters is 1. The number of fused-ring (bicyclic) bond motifs is 3. The number of benzene rings is 1. The van der Waals surface area contributed by atoms with Crippen molar-refractivity contribution in [2.24, 2.45) is 5.92 Å². The van der Waals surface area contributed by atoms with Gasteiger partial charge in [-0.2, -0.15) is 0 Å². The number of hydrogen-bond acceptors (Lipinski definition) is 11. The molecule has 3 aromatic rings. The van der Waals surface area contributed by atoms with Crippen LogP contribution in [0.5, 0.6) is 17.2 Å². The summed E-state index contributed by atoms with van der Waals surface area (Å²) in [5.41, 5.74) is 2.81. The van der Waals surface area contributed by atoms with Crippen LogP contribution in [0.15, 0.2) is 34.4 Å². The van der Waals surface area contributed by atoms with Crippen LogP contribution in [0.4, 0.5) is 10.8 Å². The highest BCUT2D eigenvalue weighted by Crippen LogP contribution is 2.50. The van der Waals surface area contributed by atoms with Gasteiger partial charge in [0.1, 0.15) is 6.04 Å². The lowest BCUT2D eigenvalue weighted by Crippen LogP contribution is -2.39. The molecule has 0 saturated heterocycles. The number of nitrogens with one attached hydrogen (secondary N) is 3. The van der Waals surface area contributed by atoms with Crippen molar-refractivity contribution in [3.8, 4) is 28.4 Å². The van der Waals surface area contributed by atoms with Crippen LogP contribution < -0.4 is 35.6 Å². The molecular formula is C32H38N4O8S. The van der Waals surface area contributed by atoms with Gasteiger partial charge in [0.25, 0.3) is 0 Å². The Morgan fingerprint density at radius 3 is 2.42 bits per heavy atom. The van der Waals surface area contributed by atoms with E-state index in [1.54, 1.807) is 26.2 Å². The molecule has 1 aromatic heterocycles. The van der Waals surface area contributed by atoms with Gasteiger partial charge in [0.2, 0.25) is 23.0 Å².